The van der Waals surface area contributed by atoms with E-state index in [1.165, 1.54) is 7.11 Å². The van der Waals surface area contributed by atoms with Gasteiger partial charge in [0.2, 0.25) is 0 Å². The second-order valence-corrected chi connectivity index (χ2v) is 3.95. The third-order valence-electron chi connectivity index (χ3n) is 1.44. The van der Waals surface area contributed by atoms with Crippen LogP contribution in [0.1, 0.15) is 0 Å². The molecular formula is C8H9ClO2S. The Bertz CT molecular complexity index is 312. The van der Waals surface area contributed by atoms with Gasteiger partial charge < -0.3 is 4.74 Å². The molecular weight excluding hydrogens is 196 g/mol. The van der Waals surface area contributed by atoms with E-state index in [2.05, 4.69) is 0 Å². The van der Waals surface area contributed by atoms with Crippen molar-refractivity contribution in [2.75, 3.05) is 13.4 Å². The van der Waals surface area contributed by atoms with Crippen molar-refractivity contribution in [3.05, 3.63) is 23.2 Å². The molecule has 0 aromatic heterocycles. The molecule has 0 fully saturated rings. The number of hydrogen-bond acceptors (Lipinski definition) is 2. The van der Waals surface area contributed by atoms with E-state index in [4.69, 9.17) is 16.3 Å². The Balaban J connectivity index is 3.29. The van der Waals surface area contributed by atoms with Crippen LogP contribution in [0, 0.1) is 0 Å². The molecule has 0 aliphatic rings. The van der Waals surface area contributed by atoms with Gasteiger partial charge in [-0.1, -0.05) is 17.7 Å². The number of halogens is 1. The van der Waals surface area contributed by atoms with Gasteiger partial charge in [-0.05, 0) is 12.1 Å². The monoisotopic (exact) mass is 204 g/mol. The molecule has 0 spiro atoms. The van der Waals surface area contributed by atoms with Crippen molar-refractivity contribution in [1.82, 2.24) is 0 Å². The summed E-state index contributed by atoms with van der Waals surface area (Å²) in [6.07, 6.45) is 1.57. The van der Waals surface area contributed by atoms with Crippen molar-refractivity contribution < 1.29 is 8.95 Å². The standard InChI is InChI=1S/C8H9ClO2S/c1-11-7-5-3-4-6(9)8(7)12(2)10/h3-5H,1-2H3. The van der Waals surface area contributed by atoms with E-state index in [0.29, 0.717) is 15.7 Å². The van der Waals surface area contributed by atoms with Gasteiger partial charge in [-0.2, -0.15) is 0 Å². The van der Waals surface area contributed by atoms with Crippen molar-refractivity contribution in [3.8, 4) is 5.75 Å². The van der Waals surface area contributed by atoms with Crippen LogP contribution in [0.15, 0.2) is 23.1 Å². The Morgan fingerprint density at radius 2 is 2.17 bits per heavy atom. The zero-order valence-electron chi connectivity index (χ0n) is 6.83. The zero-order chi connectivity index (χ0) is 9.14. The van der Waals surface area contributed by atoms with Crippen molar-refractivity contribution in [1.29, 1.82) is 0 Å². The number of methoxy groups -OCH3 is 1. The Morgan fingerprint density at radius 3 is 2.58 bits per heavy atom. The van der Waals surface area contributed by atoms with Crippen molar-refractivity contribution >= 4 is 22.4 Å². The van der Waals surface area contributed by atoms with E-state index in [0.717, 1.165) is 0 Å². The summed E-state index contributed by atoms with van der Waals surface area (Å²) >= 11 is 5.83. The van der Waals surface area contributed by atoms with Gasteiger partial charge in [-0.25, -0.2) is 0 Å². The smallest absolute Gasteiger partial charge is 0.136 e. The molecule has 1 aromatic rings. The lowest BCUT2D eigenvalue weighted by Gasteiger charge is -2.06. The maximum absolute atomic E-state index is 11.2. The predicted molar refractivity (Wildman–Crippen MR) is 50.3 cm³/mol. The molecule has 1 unspecified atom stereocenters. The molecule has 12 heavy (non-hydrogen) atoms. The highest BCUT2D eigenvalue weighted by Crippen LogP contribution is 2.28. The molecule has 0 saturated heterocycles. The van der Waals surface area contributed by atoms with E-state index in [1.807, 2.05) is 0 Å². The van der Waals surface area contributed by atoms with E-state index in [1.54, 1.807) is 24.5 Å². The summed E-state index contributed by atoms with van der Waals surface area (Å²) in [6.45, 7) is 0. The molecule has 0 heterocycles. The fourth-order valence-electron chi connectivity index (χ4n) is 0.929. The molecule has 4 heteroatoms. The highest BCUT2D eigenvalue weighted by Gasteiger charge is 2.10. The van der Waals surface area contributed by atoms with Gasteiger partial charge in [-0.15, -0.1) is 0 Å². The first kappa shape index (κ1) is 9.55. The lowest BCUT2D eigenvalue weighted by Crippen LogP contribution is -1.94. The summed E-state index contributed by atoms with van der Waals surface area (Å²) in [5, 5.41) is 0.482. The lowest BCUT2D eigenvalue weighted by atomic mass is 10.3. The predicted octanol–water partition coefficient (Wildman–Crippen LogP) is 2.09. The first-order chi connectivity index (χ1) is 5.66. The van der Waals surface area contributed by atoms with E-state index in [9.17, 15) is 4.21 Å². The third-order valence-corrected chi connectivity index (χ3v) is 2.86. The van der Waals surface area contributed by atoms with Crippen LogP contribution >= 0.6 is 11.6 Å². The molecule has 0 N–H and O–H groups in total. The SMILES string of the molecule is COc1cccc(Cl)c1S(C)=O. The van der Waals surface area contributed by atoms with Crippen LogP contribution < -0.4 is 4.74 Å². The maximum Gasteiger partial charge on any atom is 0.136 e. The summed E-state index contributed by atoms with van der Waals surface area (Å²) in [6, 6.07) is 5.20. The van der Waals surface area contributed by atoms with Crippen LogP contribution in [0.3, 0.4) is 0 Å². The minimum absolute atomic E-state index is 0.482. The molecule has 1 rings (SSSR count). The molecule has 66 valence electrons. The van der Waals surface area contributed by atoms with Gasteiger partial charge in [0.1, 0.15) is 5.75 Å². The van der Waals surface area contributed by atoms with Crippen LogP contribution in [0.25, 0.3) is 0 Å². The molecule has 0 bridgehead atoms. The van der Waals surface area contributed by atoms with Crippen molar-refractivity contribution in [2.24, 2.45) is 0 Å². The summed E-state index contributed by atoms with van der Waals surface area (Å²) < 4.78 is 16.2. The van der Waals surface area contributed by atoms with Gasteiger partial charge in [0.25, 0.3) is 0 Å². The van der Waals surface area contributed by atoms with Gasteiger partial charge in [0.05, 0.1) is 27.8 Å². The van der Waals surface area contributed by atoms with Crippen molar-refractivity contribution in [3.63, 3.8) is 0 Å². The molecule has 1 aromatic carbocycles. The zero-order valence-corrected chi connectivity index (χ0v) is 8.41. The fraction of sp³-hybridized carbons (Fsp3) is 0.250. The Morgan fingerprint density at radius 1 is 1.50 bits per heavy atom. The van der Waals surface area contributed by atoms with Crippen LogP contribution in [0.5, 0.6) is 5.75 Å². The summed E-state index contributed by atoms with van der Waals surface area (Å²) in [4.78, 5) is 0.557. The van der Waals surface area contributed by atoms with Crippen LogP contribution in [-0.2, 0) is 10.8 Å². The molecule has 0 aliphatic carbocycles. The molecule has 0 radical (unpaired) electrons. The van der Waals surface area contributed by atoms with Crippen LogP contribution in [0.4, 0.5) is 0 Å². The molecule has 0 saturated carbocycles. The average Bonchev–Trinajstić information content (AvgIpc) is 2.03. The minimum Gasteiger partial charge on any atom is -0.495 e. The summed E-state index contributed by atoms with van der Waals surface area (Å²) in [5.74, 6) is 0.573. The van der Waals surface area contributed by atoms with Gasteiger partial charge in [0.15, 0.2) is 0 Å². The highest BCUT2D eigenvalue weighted by atomic mass is 35.5. The largest absolute Gasteiger partial charge is 0.495 e. The first-order valence-corrected chi connectivity index (χ1v) is 5.26. The highest BCUT2D eigenvalue weighted by molar-refractivity contribution is 7.84. The number of ether oxygens (including phenoxy) is 1. The first-order valence-electron chi connectivity index (χ1n) is 3.32. The fourth-order valence-corrected chi connectivity index (χ4v) is 2.20. The summed E-state index contributed by atoms with van der Waals surface area (Å²) in [5.41, 5.74) is 0. The molecule has 0 aliphatic heterocycles. The third kappa shape index (κ3) is 1.79. The van der Waals surface area contributed by atoms with Gasteiger partial charge in [-0.3, -0.25) is 4.21 Å². The molecule has 1 atom stereocenters. The normalized spacial score (nSPS) is 12.6. The number of rotatable bonds is 2. The van der Waals surface area contributed by atoms with E-state index < -0.39 is 10.8 Å². The minimum atomic E-state index is -1.11. The lowest BCUT2D eigenvalue weighted by molar-refractivity contribution is 0.404. The van der Waals surface area contributed by atoms with Crippen LogP contribution in [-0.4, -0.2) is 17.6 Å². The Kier molecular flexibility index (Phi) is 3.12. The number of hydrogen-bond donors (Lipinski definition) is 0. The van der Waals surface area contributed by atoms with Gasteiger partial charge in [0, 0.05) is 6.26 Å². The van der Waals surface area contributed by atoms with Crippen molar-refractivity contribution in [2.45, 2.75) is 4.90 Å². The van der Waals surface area contributed by atoms with Crippen LogP contribution in [0.2, 0.25) is 5.02 Å². The Labute approximate surface area is 79.0 Å². The Hall–Kier alpha value is -0.540. The molecule has 2 nitrogen and oxygen atoms in total. The second-order valence-electron chi connectivity index (χ2n) is 2.23. The quantitative estimate of drug-likeness (QED) is 0.738. The number of benzene rings is 1. The van der Waals surface area contributed by atoms with E-state index >= 15 is 0 Å². The topological polar surface area (TPSA) is 26.3 Å². The second kappa shape index (κ2) is 3.92. The molecule has 0 amide bonds. The maximum atomic E-state index is 11.2. The summed E-state index contributed by atoms with van der Waals surface area (Å²) in [7, 11) is 0.421. The van der Waals surface area contributed by atoms with E-state index in [-0.39, 0.29) is 0 Å². The average molecular weight is 205 g/mol. The van der Waals surface area contributed by atoms with Gasteiger partial charge >= 0.3 is 0 Å².